The number of esters is 1. The van der Waals surface area contributed by atoms with Gasteiger partial charge in [0.15, 0.2) is 0 Å². The summed E-state index contributed by atoms with van der Waals surface area (Å²) in [4.78, 5) is 11.8. The van der Waals surface area contributed by atoms with E-state index in [-0.39, 0.29) is 21.8 Å². The molecule has 0 bridgehead atoms. The number of nitrogens with one attached hydrogen (secondary N) is 1. The van der Waals surface area contributed by atoms with E-state index >= 15 is 0 Å². The van der Waals surface area contributed by atoms with Gasteiger partial charge >= 0.3 is 5.97 Å². The SMILES string of the molecule is CCOC(=O)c1sc2cccc(F)c2c1S(=O)(=O)Nc1cccc(C)c1C. The summed E-state index contributed by atoms with van der Waals surface area (Å²) in [5.41, 5.74) is 2.03. The first-order valence-corrected chi connectivity index (χ1v) is 10.5. The molecular weight excluding hydrogens is 389 g/mol. The highest BCUT2D eigenvalue weighted by atomic mass is 32.2. The molecule has 8 heteroatoms. The fourth-order valence-corrected chi connectivity index (χ4v) is 5.66. The number of rotatable bonds is 5. The van der Waals surface area contributed by atoms with Crippen molar-refractivity contribution in [2.45, 2.75) is 25.7 Å². The fourth-order valence-electron chi connectivity index (χ4n) is 2.72. The first-order chi connectivity index (χ1) is 12.8. The number of halogens is 1. The van der Waals surface area contributed by atoms with Crippen LogP contribution in [0.15, 0.2) is 41.3 Å². The molecule has 3 aromatic rings. The third kappa shape index (κ3) is 3.54. The van der Waals surface area contributed by atoms with Crippen LogP contribution in [0.2, 0.25) is 0 Å². The molecule has 0 aliphatic heterocycles. The lowest BCUT2D eigenvalue weighted by Gasteiger charge is -2.13. The van der Waals surface area contributed by atoms with Crippen LogP contribution < -0.4 is 4.72 Å². The van der Waals surface area contributed by atoms with Gasteiger partial charge in [0.1, 0.15) is 15.6 Å². The molecule has 1 heterocycles. The topological polar surface area (TPSA) is 72.5 Å². The van der Waals surface area contributed by atoms with Crippen LogP contribution in [0.1, 0.15) is 27.7 Å². The number of thiophene rings is 1. The number of fused-ring (bicyclic) bond motifs is 1. The molecular formula is C19H18FNO4S2. The monoisotopic (exact) mass is 407 g/mol. The zero-order valence-electron chi connectivity index (χ0n) is 15.0. The third-order valence-corrected chi connectivity index (χ3v) is 6.90. The van der Waals surface area contributed by atoms with Gasteiger partial charge in [0.05, 0.1) is 12.3 Å². The molecule has 0 aliphatic carbocycles. The van der Waals surface area contributed by atoms with E-state index in [0.717, 1.165) is 22.5 Å². The maximum absolute atomic E-state index is 14.5. The zero-order valence-corrected chi connectivity index (χ0v) is 16.6. The van der Waals surface area contributed by atoms with Crippen molar-refractivity contribution in [2.75, 3.05) is 11.3 Å². The average Bonchev–Trinajstić information content (AvgIpc) is 3.01. The molecule has 0 spiro atoms. The van der Waals surface area contributed by atoms with Crippen molar-refractivity contribution in [3.05, 3.63) is 58.2 Å². The molecule has 5 nitrogen and oxygen atoms in total. The Morgan fingerprint density at radius 1 is 1.19 bits per heavy atom. The number of hydrogen-bond donors (Lipinski definition) is 1. The summed E-state index contributed by atoms with van der Waals surface area (Å²) in [5.74, 6) is -1.50. The first-order valence-electron chi connectivity index (χ1n) is 8.23. The Morgan fingerprint density at radius 3 is 2.59 bits per heavy atom. The Hall–Kier alpha value is -2.45. The van der Waals surface area contributed by atoms with Gasteiger partial charge in [0.25, 0.3) is 10.0 Å². The second-order valence-electron chi connectivity index (χ2n) is 5.95. The molecule has 0 atom stereocenters. The minimum atomic E-state index is -4.23. The average molecular weight is 407 g/mol. The van der Waals surface area contributed by atoms with Gasteiger partial charge in [-0.3, -0.25) is 4.72 Å². The van der Waals surface area contributed by atoms with Crippen LogP contribution in [0, 0.1) is 19.7 Å². The van der Waals surface area contributed by atoms with E-state index in [9.17, 15) is 17.6 Å². The van der Waals surface area contributed by atoms with Crippen LogP contribution in [-0.4, -0.2) is 21.0 Å². The first kappa shape index (κ1) is 19.3. The summed E-state index contributed by atoms with van der Waals surface area (Å²) < 4.78 is 48.6. The number of anilines is 1. The summed E-state index contributed by atoms with van der Waals surface area (Å²) in [6.45, 7) is 5.34. The van der Waals surface area contributed by atoms with Gasteiger partial charge in [-0.15, -0.1) is 11.3 Å². The highest BCUT2D eigenvalue weighted by molar-refractivity contribution is 7.93. The minimum absolute atomic E-state index is 0.0828. The fraction of sp³-hybridized carbons (Fsp3) is 0.211. The largest absolute Gasteiger partial charge is 0.462 e. The van der Waals surface area contributed by atoms with Gasteiger partial charge in [0, 0.05) is 10.1 Å². The Morgan fingerprint density at radius 2 is 1.89 bits per heavy atom. The van der Waals surface area contributed by atoms with Gasteiger partial charge in [0.2, 0.25) is 0 Å². The quantitative estimate of drug-likeness (QED) is 0.626. The van der Waals surface area contributed by atoms with E-state index in [1.54, 1.807) is 32.0 Å². The second-order valence-corrected chi connectivity index (χ2v) is 8.62. The van der Waals surface area contributed by atoms with Gasteiger partial charge in [-0.05, 0) is 50.1 Å². The van der Waals surface area contributed by atoms with Crippen molar-refractivity contribution in [1.82, 2.24) is 0 Å². The lowest BCUT2D eigenvalue weighted by molar-refractivity contribution is 0.0528. The molecule has 142 valence electrons. The predicted molar refractivity (Wildman–Crippen MR) is 104 cm³/mol. The summed E-state index contributed by atoms with van der Waals surface area (Å²) in [5, 5.41) is -0.108. The standard InChI is InChI=1S/C19H18FNO4S2/c1-4-25-19(22)17-18(16-13(20)8-6-10-15(16)26-17)27(23,24)21-14-9-5-7-11(2)12(14)3/h5-10,21H,4H2,1-3H3. The van der Waals surface area contributed by atoms with E-state index in [1.165, 1.54) is 12.1 Å². The molecule has 0 saturated carbocycles. The molecule has 0 amide bonds. The number of carbonyl (C=O) groups excluding carboxylic acids is 1. The Balaban J connectivity index is 2.23. The summed E-state index contributed by atoms with van der Waals surface area (Å²) in [6.07, 6.45) is 0. The second kappa shape index (κ2) is 7.28. The van der Waals surface area contributed by atoms with E-state index in [2.05, 4.69) is 4.72 Å². The summed E-state index contributed by atoms with van der Waals surface area (Å²) in [6, 6.07) is 9.41. The summed E-state index contributed by atoms with van der Waals surface area (Å²) in [7, 11) is -4.23. The lowest BCUT2D eigenvalue weighted by atomic mass is 10.1. The van der Waals surface area contributed by atoms with Crippen molar-refractivity contribution >= 4 is 43.1 Å². The smallest absolute Gasteiger partial charge is 0.349 e. The number of hydrogen-bond acceptors (Lipinski definition) is 5. The zero-order chi connectivity index (χ0) is 19.8. The van der Waals surface area contributed by atoms with E-state index in [1.807, 2.05) is 13.0 Å². The van der Waals surface area contributed by atoms with Crippen molar-refractivity contribution < 1.29 is 22.3 Å². The van der Waals surface area contributed by atoms with Crippen molar-refractivity contribution in [3.63, 3.8) is 0 Å². The number of carbonyl (C=O) groups is 1. The van der Waals surface area contributed by atoms with Crippen LogP contribution in [0.3, 0.4) is 0 Å². The van der Waals surface area contributed by atoms with Crippen LogP contribution in [0.25, 0.3) is 10.1 Å². The van der Waals surface area contributed by atoms with Gasteiger partial charge in [-0.2, -0.15) is 0 Å². The molecule has 0 aliphatic rings. The van der Waals surface area contributed by atoms with Gasteiger partial charge in [-0.1, -0.05) is 18.2 Å². The Kier molecular flexibility index (Phi) is 5.21. The molecule has 27 heavy (non-hydrogen) atoms. The van der Waals surface area contributed by atoms with Crippen LogP contribution in [-0.2, 0) is 14.8 Å². The predicted octanol–water partition coefficient (Wildman–Crippen LogP) is 4.63. The molecule has 2 aromatic carbocycles. The number of benzene rings is 2. The van der Waals surface area contributed by atoms with E-state index in [0.29, 0.717) is 10.4 Å². The molecule has 0 radical (unpaired) electrons. The molecule has 0 unspecified atom stereocenters. The third-order valence-electron chi connectivity index (χ3n) is 4.20. The number of aryl methyl sites for hydroxylation is 1. The number of ether oxygens (including phenoxy) is 1. The molecule has 0 saturated heterocycles. The van der Waals surface area contributed by atoms with Crippen molar-refractivity contribution in [1.29, 1.82) is 0 Å². The highest BCUT2D eigenvalue weighted by Gasteiger charge is 2.31. The Bertz CT molecular complexity index is 1140. The van der Waals surface area contributed by atoms with Crippen LogP contribution in [0.4, 0.5) is 10.1 Å². The maximum Gasteiger partial charge on any atom is 0.349 e. The Labute approximate surface area is 160 Å². The number of sulfonamides is 1. The van der Waals surface area contributed by atoms with Gasteiger partial charge < -0.3 is 4.74 Å². The molecule has 1 N–H and O–H groups in total. The van der Waals surface area contributed by atoms with Crippen molar-refractivity contribution in [2.24, 2.45) is 0 Å². The maximum atomic E-state index is 14.5. The highest BCUT2D eigenvalue weighted by Crippen LogP contribution is 2.38. The van der Waals surface area contributed by atoms with Crippen molar-refractivity contribution in [3.8, 4) is 0 Å². The van der Waals surface area contributed by atoms with Crippen LogP contribution >= 0.6 is 11.3 Å². The lowest BCUT2D eigenvalue weighted by Crippen LogP contribution is -2.17. The van der Waals surface area contributed by atoms with Crippen LogP contribution in [0.5, 0.6) is 0 Å². The minimum Gasteiger partial charge on any atom is -0.462 e. The molecule has 0 fully saturated rings. The summed E-state index contributed by atoms with van der Waals surface area (Å²) >= 11 is 0.897. The normalized spacial score (nSPS) is 11.6. The van der Waals surface area contributed by atoms with E-state index < -0.39 is 21.8 Å². The molecule has 3 rings (SSSR count). The van der Waals surface area contributed by atoms with Gasteiger partial charge in [-0.25, -0.2) is 17.6 Å². The molecule has 1 aromatic heterocycles. The van der Waals surface area contributed by atoms with E-state index in [4.69, 9.17) is 4.74 Å².